The Morgan fingerprint density at radius 1 is 1.28 bits per heavy atom. The van der Waals surface area contributed by atoms with E-state index in [1.54, 1.807) is 12.3 Å². The Balaban J connectivity index is 2.25. The molecule has 1 aromatic carbocycles. The number of rotatable bonds is 4. The SMILES string of the molecule is CNCc1cc(F)ccc1Oc1ccc(C)nc1. The van der Waals surface area contributed by atoms with Gasteiger partial charge in [-0.15, -0.1) is 0 Å². The molecule has 0 radical (unpaired) electrons. The van der Waals surface area contributed by atoms with Crippen molar-refractivity contribution in [2.24, 2.45) is 0 Å². The summed E-state index contributed by atoms with van der Waals surface area (Å²) in [5, 5.41) is 2.98. The summed E-state index contributed by atoms with van der Waals surface area (Å²) >= 11 is 0. The first-order valence-electron chi connectivity index (χ1n) is 5.72. The third-order valence-corrected chi connectivity index (χ3v) is 2.50. The van der Waals surface area contributed by atoms with Gasteiger partial charge in [-0.25, -0.2) is 4.39 Å². The molecule has 1 N–H and O–H groups in total. The van der Waals surface area contributed by atoms with E-state index in [0.29, 0.717) is 18.0 Å². The summed E-state index contributed by atoms with van der Waals surface area (Å²) in [6.45, 7) is 2.46. The van der Waals surface area contributed by atoms with Crippen molar-refractivity contribution in [2.45, 2.75) is 13.5 Å². The molecule has 0 saturated heterocycles. The number of hydrogen-bond donors (Lipinski definition) is 1. The van der Waals surface area contributed by atoms with Crippen molar-refractivity contribution in [3.8, 4) is 11.5 Å². The number of pyridine rings is 1. The highest BCUT2D eigenvalue weighted by Gasteiger charge is 2.06. The lowest BCUT2D eigenvalue weighted by molar-refractivity contribution is 0.469. The highest BCUT2D eigenvalue weighted by molar-refractivity contribution is 5.37. The summed E-state index contributed by atoms with van der Waals surface area (Å²) in [5.74, 6) is 1.01. The van der Waals surface area contributed by atoms with Gasteiger partial charge in [0.15, 0.2) is 0 Å². The molecule has 0 fully saturated rings. The van der Waals surface area contributed by atoms with Gasteiger partial charge in [-0.1, -0.05) is 0 Å². The van der Waals surface area contributed by atoms with Gasteiger partial charge in [0.25, 0.3) is 0 Å². The average Bonchev–Trinajstić information content (AvgIpc) is 2.36. The predicted molar refractivity (Wildman–Crippen MR) is 68.2 cm³/mol. The fourth-order valence-electron chi connectivity index (χ4n) is 1.62. The fraction of sp³-hybridized carbons (Fsp3) is 0.214. The summed E-state index contributed by atoms with van der Waals surface area (Å²) in [7, 11) is 1.81. The maximum atomic E-state index is 13.2. The van der Waals surface area contributed by atoms with E-state index < -0.39 is 0 Å². The third-order valence-electron chi connectivity index (χ3n) is 2.50. The summed E-state index contributed by atoms with van der Waals surface area (Å²) in [5.41, 5.74) is 1.70. The monoisotopic (exact) mass is 246 g/mol. The van der Waals surface area contributed by atoms with Crippen LogP contribution in [0.3, 0.4) is 0 Å². The number of nitrogens with zero attached hydrogens (tertiary/aromatic N) is 1. The van der Waals surface area contributed by atoms with E-state index in [1.807, 2.05) is 26.1 Å². The van der Waals surface area contributed by atoms with Crippen LogP contribution in [0.1, 0.15) is 11.3 Å². The molecule has 1 heterocycles. The first-order chi connectivity index (χ1) is 8.69. The Labute approximate surface area is 106 Å². The summed E-state index contributed by atoms with van der Waals surface area (Å²) in [6.07, 6.45) is 1.65. The topological polar surface area (TPSA) is 34.1 Å². The van der Waals surface area contributed by atoms with Gasteiger partial charge in [-0.05, 0) is 44.3 Å². The van der Waals surface area contributed by atoms with Crippen molar-refractivity contribution in [2.75, 3.05) is 7.05 Å². The highest BCUT2D eigenvalue weighted by atomic mass is 19.1. The van der Waals surface area contributed by atoms with Crippen LogP contribution in [-0.2, 0) is 6.54 Å². The Morgan fingerprint density at radius 2 is 2.11 bits per heavy atom. The van der Waals surface area contributed by atoms with Crippen LogP contribution >= 0.6 is 0 Å². The van der Waals surface area contributed by atoms with E-state index in [4.69, 9.17) is 4.74 Å². The summed E-state index contributed by atoms with van der Waals surface area (Å²) in [4.78, 5) is 4.15. The van der Waals surface area contributed by atoms with Crippen LogP contribution in [-0.4, -0.2) is 12.0 Å². The lowest BCUT2D eigenvalue weighted by Crippen LogP contribution is -2.06. The van der Waals surface area contributed by atoms with Crippen molar-refractivity contribution < 1.29 is 9.13 Å². The van der Waals surface area contributed by atoms with Crippen molar-refractivity contribution in [1.82, 2.24) is 10.3 Å². The maximum Gasteiger partial charge on any atom is 0.145 e. The molecule has 0 aliphatic heterocycles. The first-order valence-corrected chi connectivity index (χ1v) is 5.72. The number of benzene rings is 1. The number of aromatic nitrogens is 1. The molecule has 3 nitrogen and oxygen atoms in total. The van der Waals surface area contributed by atoms with Crippen LogP contribution in [0.5, 0.6) is 11.5 Å². The quantitative estimate of drug-likeness (QED) is 0.900. The Morgan fingerprint density at radius 3 is 2.78 bits per heavy atom. The van der Waals surface area contributed by atoms with Crippen LogP contribution in [0.15, 0.2) is 36.5 Å². The van der Waals surface area contributed by atoms with Gasteiger partial charge in [0.05, 0.1) is 6.20 Å². The summed E-state index contributed by atoms with van der Waals surface area (Å²) in [6, 6.07) is 8.19. The lowest BCUT2D eigenvalue weighted by atomic mass is 10.2. The first kappa shape index (κ1) is 12.5. The molecule has 18 heavy (non-hydrogen) atoms. The van der Waals surface area contributed by atoms with Crippen molar-refractivity contribution in [1.29, 1.82) is 0 Å². The largest absolute Gasteiger partial charge is 0.455 e. The minimum absolute atomic E-state index is 0.269. The smallest absolute Gasteiger partial charge is 0.145 e. The van der Waals surface area contributed by atoms with Gasteiger partial charge >= 0.3 is 0 Å². The third kappa shape index (κ3) is 3.05. The molecular weight excluding hydrogens is 231 g/mol. The van der Waals surface area contributed by atoms with Crippen LogP contribution in [0.4, 0.5) is 4.39 Å². The molecule has 2 rings (SSSR count). The molecule has 1 aromatic heterocycles. The van der Waals surface area contributed by atoms with Gasteiger partial charge in [0, 0.05) is 17.8 Å². The Bertz CT molecular complexity index is 526. The van der Waals surface area contributed by atoms with Crippen LogP contribution in [0.2, 0.25) is 0 Å². The van der Waals surface area contributed by atoms with Gasteiger partial charge in [-0.2, -0.15) is 0 Å². The van der Waals surface area contributed by atoms with Crippen molar-refractivity contribution in [3.63, 3.8) is 0 Å². The normalized spacial score (nSPS) is 10.4. The van der Waals surface area contributed by atoms with E-state index in [2.05, 4.69) is 10.3 Å². The molecule has 0 amide bonds. The number of nitrogens with one attached hydrogen (secondary N) is 1. The standard InChI is InChI=1S/C14H15FN2O/c1-10-3-5-13(9-17-10)18-14-6-4-12(15)7-11(14)8-16-2/h3-7,9,16H,8H2,1-2H3. The van der Waals surface area contributed by atoms with Crippen molar-refractivity contribution >= 4 is 0 Å². The molecule has 0 aliphatic rings. The molecule has 0 bridgehead atoms. The zero-order valence-corrected chi connectivity index (χ0v) is 10.4. The van der Waals surface area contributed by atoms with Crippen LogP contribution in [0.25, 0.3) is 0 Å². The second-order valence-corrected chi connectivity index (χ2v) is 4.02. The predicted octanol–water partition coefficient (Wildman–Crippen LogP) is 3.04. The van der Waals surface area contributed by atoms with E-state index >= 15 is 0 Å². The zero-order chi connectivity index (χ0) is 13.0. The number of halogens is 1. The molecule has 2 aromatic rings. The number of hydrogen-bond acceptors (Lipinski definition) is 3. The minimum atomic E-state index is -0.269. The molecular formula is C14H15FN2O. The minimum Gasteiger partial charge on any atom is -0.455 e. The second-order valence-electron chi connectivity index (χ2n) is 4.02. The number of ether oxygens (including phenoxy) is 1. The highest BCUT2D eigenvalue weighted by Crippen LogP contribution is 2.25. The van der Waals surface area contributed by atoms with Gasteiger partial charge in [0.1, 0.15) is 17.3 Å². The van der Waals surface area contributed by atoms with E-state index in [9.17, 15) is 4.39 Å². The lowest BCUT2D eigenvalue weighted by Gasteiger charge is -2.11. The molecule has 94 valence electrons. The Hall–Kier alpha value is -1.94. The fourth-order valence-corrected chi connectivity index (χ4v) is 1.62. The van der Waals surface area contributed by atoms with Gasteiger partial charge < -0.3 is 10.1 Å². The van der Waals surface area contributed by atoms with Gasteiger partial charge in [-0.3, -0.25) is 4.98 Å². The Kier molecular flexibility index (Phi) is 3.89. The maximum absolute atomic E-state index is 13.2. The zero-order valence-electron chi connectivity index (χ0n) is 10.4. The second kappa shape index (κ2) is 5.60. The molecule has 0 spiro atoms. The molecule has 0 unspecified atom stereocenters. The van der Waals surface area contributed by atoms with Crippen LogP contribution in [0, 0.1) is 12.7 Å². The van der Waals surface area contributed by atoms with Crippen LogP contribution < -0.4 is 10.1 Å². The molecule has 0 atom stereocenters. The molecule has 0 saturated carbocycles. The van der Waals surface area contributed by atoms with E-state index in [0.717, 1.165) is 11.3 Å². The van der Waals surface area contributed by atoms with E-state index in [1.165, 1.54) is 12.1 Å². The number of aryl methyl sites for hydroxylation is 1. The average molecular weight is 246 g/mol. The van der Waals surface area contributed by atoms with E-state index in [-0.39, 0.29) is 5.82 Å². The van der Waals surface area contributed by atoms with Gasteiger partial charge in [0.2, 0.25) is 0 Å². The molecule has 4 heteroatoms. The van der Waals surface area contributed by atoms with Crippen molar-refractivity contribution in [3.05, 3.63) is 53.6 Å². The molecule has 0 aliphatic carbocycles. The summed E-state index contributed by atoms with van der Waals surface area (Å²) < 4.78 is 18.9.